The van der Waals surface area contributed by atoms with Gasteiger partial charge in [-0.3, -0.25) is 9.69 Å². The Hall–Kier alpha value is -1.59. The van der Waals surface area contributed by atoms with Crippen molar-refractivity contribution in [1.29, 1.82) is 0 Å². The van der Waals surface area contributed by atoms with Gasteiger partial charge >= 0.3 is 0 Å². The van der Waals surface area contributed by atoms with E-state index in [1.54, 1.807) is 0 Å². The maximum Gasteiger partial charge on any atom is 0.222 e. The summed E-state index contributed by atoms with van der Waals surface area (Å²) in [7, 11) is 0. The summed E-state index contributed by atoms with van der Waals surface area (Å²) in [6.45, 7) is 12.4. The summed E-state index contributed by atoms with van der Waals surface area (Å²) in [5, 5.41) is 10.2. The van der Waals surface area contributed by atoms with Crippen LogP contribution in [0.1, 0.15) is 39.7 Å². The first-order chi connectivity index (χ1) is 11.8. The second-order valence-electron chi connectivity index (χ2n) is 7.77. The topological polar surface area (TPSA) is 53.0 Å². The number of carbonyl (C=O) groups is 1. The molecular formula is C20H32N2O3. The zero-order chi connectivity index (χ0) is 18.4. The van der Waals surface area contributed by atoms with E-state index in [2.05, 4.69) is 37.8 Å². The molecule has 140 valence electrons. The molecule has 0 aliphatic carbocycles. The maximum absolute atomic E-state index is 11.7. The summed E-state index contributed by atoms with van der Waals surface area (Å²) < 4.78 is 5.71. The number of aliphatic hydroxyl groups excluding tert-OH is 1. The lowest BCUT2D eigenvalue weighted by Crippen LogP contribution is -2.50. The minimum absolute atomic E-state index is 0.124. The van der Waals surface area contributed by atoms with E-state index in [4.69, 9.17) is 4.74 Å². The first-order valence-electron chi connectivity index (χ1n) is 9.21. The lowest BCUT2D eigenvalue weighted by atomic mass is 9.87. The fourth-order valence-corrected chi connectivity index (χ4v) is 3.00. The number of carbonyl (C=O) groups excluding carboxylic acids is 1. The van der Waals surface area contributed by atoms with Crippen LogP contribution in [0.5, 0.6) is 5.75 Å². The average Bonchev–Trinajstić information content (AvgIpc) is 2.59. The van der Waals surface area contributed by atoms with Crippen molar-refractivity contribution in [1.82, 2.24) is 9.80 Å². The number of piperazine rings is 1. The van der Waals surface area contributed by atoms with E-state index in [-0.39, 0.29) is 17.9 Å². The molecule has 1 aliphatic rings. The Morgan fingerprint density at radius 1 is 1.16 bits per heavy atom. The third-order valence-electron chi connectivity index (χ3n) is 4.66. The number of nitrogens with zero attached hydrogens (tertiary/aromatic N) is 2. The molecule has 1 aliphatic heterocycles. The maximum atomic E-state index is 11.7. The van der Waals surface area contributed by atoms with Crippen molar-refractivity contribution in [3.05, 3.63) is 29.8 Å². The monoisotopic (exact) mass is 348 g/mol. The normalized spacial score (nSPS) is 17.4. The Kier molecular flexibility index (Phi) is 6.85. The van der Waals surface area contributed by atoms with Crippen molar-refractivity contribution in [2.45, 2.75) is 45.6 Å². The van der Waals surface area contributed by atoms with Gasteiger partial charge in [-0.2, -0.15) is 0 Å². The van der Waals surface area contributed by atoms with Gasteiger partial charge in [0.1, 0.15) is 18.5 Å². The van der Waals surface area contributed by atoms with E-state index in [9.17, 15) is 9.90 Å². The van der Waals surface area contributed by atoms with E-state index >= 15 is 0 Å². The van der Waals surface area contributed by atoms with E-state index in [1.807, 2.05) is 24.0 Å². The molecule has 0 aromatic heterocycles. The Balaban J connectivity index is 1.72. The number of β-amino-alcohol motifs (C(OH)–C–C–N with tert-alkyl or cyclic N) is 1. The quantitative estimate of drug-likeness (QED) is 0.857. The molecule has 5 nitrogen and oxygen atoms in total. The van der Waals surface area contributed by atoms with E-state index < -0.39 is 6.10 Å². The molecule has 1 saturated heterocycles. The molecule has 1 N–H and O–H groups in total. The molecule has 1 amide bonds. The van der Waals surface area contributed by atoms with Crippen LogP contribution < -0.4 is 4.74 Å². The molecule has 5 heteroatoms. The summed E-state index contributed by atoms with van der Waals surface area (Å²) >= 11 is 0. The van der Waals surface area contributed by atoms with Crippen LogP contribution in [0, 0.1) is 0 Å². The highest BCUT2D eigenvalue weighted by atomic mass is 16.5. The van der Waals surface area contributed by atoms with Gasteiger partial charge in [-0.1, -0.05) is 39.8 Å². The van der Waals surface area contributed by atoms with Gasteiger partial charge in [0.05, 0.1) is 0 Å². The van der Waals surface area contributed by atoms with Crippen LogP contribution in [0.15, 0.2) is 24.3 Å². The molecule has 0 saturated carbocycles. The highest BCUT2D eigenvalue weighted by Gasteiger charge is 2.21. The summed E-state index contributed by atoms with van der Waals surface area (Å²) in [5.74, 6) is 0.993. The van der Waals surface area contributed by atoms with Gasteiger partial charge in [0.2, 0.25) is 5.91 Å². The number of rotatable bonds is 6. The van der Waals surface area contributed by atoms with Crippen LogP contribution in [-0.2, 0) is 10.2 Å². The Bertz CT molecular complexity index is 543. The lowest BCUT2D eigenvalue weighted by Gasteiger charge is -2.35. The summed E-state index contributed by atoms with van der Waals surface area (Å²) in [4.78, 5) is 15.8. The molecule has 25 heavy (non-hydrogen) atoms. The van der Waals surface area contributed by atoms with Gasteiger partial charge in [0, 0.05) is 39.1 Å². The molecule has 0 bridgehead atoms. The fraction of sp³-hybridized carbons (Fsp3) is 0.650. The van der Waals surface area contributed by atoms with Crippen molar-refractivity contribution in [3.8, 4) is 5.75 Å². The van der Waals surface area contributed by atoms with Crippen LogP contribution in [-0.4, -0.2) is 66.2 Å². The fourth-order valence-electron chi connectivity index (χ4n) is 3.00. The minimum atomic E-state index is -0.532. The lowest BCUT2D eigenvalue weighted by molar-refractivity contribution is -0.132. The standard InChI is InChI=1S/C20H32N2O3/c1-5-19(24)22-12-10-21(11-13-22)14-17(23)15-25-18-8-6-16(7-9-18)20(2,3)4/h6-9,17,23H,5,10-15H2,1-4H3. The molecule has 1 heterocycles. The predicted molar refractivity (Wildman–Crippen MR) is 100.0 cm³/mol. The van der Waals surface area contributed by atoms with Crippen LogP contribution in [0.2, 0.25) is 0 Å². The van der Waals surface area contributed by atoms with E-state index in [0.29, 0.717) is 13.0 Å². The molecule has 0 radical (unpaired) electrons. The van der Waals surface area contributed by atoms with Crippen molar-refractivity contribution >= 4 is 5.91 Å². The van der Waals surface area contributed by atoms with Gasteiger partial charge in [-0.15, -0.1) is 0 Å². The van der Waals surface area contributed by atoms with Crippen LogP contribution in [0.3, 0.4) is 0 Å². The number of ether oxygens (including phenoxy) is 1. The number of amides is 1. The van der Waals surface area contributed by atoms with Crippen LogP contribution >= 0.6 is 0 Å². The average molecular weight is 348 g/mol. The van der Waals surface area contributed by atoms with E-state index in [0.717, 1.165) is 31.9 Å². The zero-order valence-corrected chi connectivity index (χ0v) is 16.0. The van der Waals surface area contributed by atoms with Gasteiger partial charge < -0.3 is 14.7 Å². The van der Waals surface area contributed by atoms with Gasteiger partial charge in [0.25, 0.3) is 0 Å². The molecule has 0 spiro atoms. The number of hydrogen-bond donors (Lipinski definition) is 1. The number of hydrogen-bond acceptors (Lipinski definition) is 4. The molecule has 1 atom stereocenters. The first-order valence-corrected chi connectivity index (χ1v) is 9.21. The molecule has 1 fully saturated rings. The second kappa shape index (κ2) is 8.68. The summed E-state index contributed by atoms with van der Waals surface area (Å²) in [6.07, 6.45) is 0.0282. The van der Waals surface area contributed by atoms with Gasteiger partial charge in [0.15, 0.2) is 0 Å². The third-order valence-corrected chi connectivity index (χ3v) is 4.66. The number of aliphatic hydroxyl groups is 1. The molecule has 1 unspecified atom stereocenters. The smallest absolute Gasteiger partial charge is 0.222 e. The van der Waals surface area contributed by atoms with Crippen molar-refractivity contribution in [2.75, 3.05) is 39.3 Å². The van der Waals surface area contributed by atoms with E-state index in [1.165, 1.54) is 5.56 Å². The third kappa shape index (κ3) is 6.01. The first kappa shape index (κ1) is 19.7. The second-order valence-corrected chi connectivity index (χ2v) is 7.77. The van der Waals surface area contributed by atoms with Gasteiger partial charge in [-0.25, -0.2) is 0 Å². The Morgan fingerprint density at radius 3 is 2.28 bits per heavy atom. The highest BCUT2D eigenvalue weighted by Crippen LogP contribution is 2.24. The minimum Gasteiger partial charge on any atom is -0.491 e. The van der Waals surface area contributed by atoms with Crippen molar-refractivity contribution in [3.63, 3.8) is 0 Å². The van der Waals surface area contributed by atoms with Crippen LogP contribution in [0.25, 0.3) is 0 Å². The zero-order valence-electron chi connectivity index (χ0n) is 16.0. The molecular weight excluding hydrogens is 316 g/mol. The highest BCUT2D eigenvalue weighted by molar-refractivity contribution is 5.75. The SMILES string of the molecule is CCC(=O)N1CCN(CC(O)COc2ccc(C(C)(C)C)cc2)CC1. The summed E-state index contributed by atoms with van der Waals surface area (Å²) in [5.41, 5.74) is 1.39. The Labute approximate surface area is 151 Å². The molecule has 1 aromatic rings. The van der Waals surface area contributed by atoms with Crippen molar-refractivity contribution < 1.29 is 14.6 Å². The number of benzene rings is 1. The molecule has 1 aromatic carbocycles. The molecule has 2 rings (SSSR count). The summed E-state index contributed by atoms with van der Waals surface area (Å²) in [6, 6.07) is 8.07. The van der Waals surface area contributed by atoms with Crippen LogP contribution in [0.4, 0.5) is 0 Å². The van der Waals surface area contributed by atoms with Gasteiger partial charge in [-0.05, 0) is 23.1 Å². The largest absolute Gasteiger partial charge is 0.491 e. The van der Waals surface area contributed by atoms with Crippen molar-refractivity contribution in [2.24, 2.45) is 0 Å². The Morgan fingerprint density at radius 2 is 1.76 bits per heavy atom. The predicted octanol–water partition coefficient (Wildman–Crippen LogP) is 2.28.